The van der Waals surface area contributed by atoms with Crippen molar-refractivity contribution in [3.05, 3.63) is 22.1 Å². The van der Waals surface area contributed by atoms with Gasteiger partial charge in [0.25, 0.3) is 0 Å². The van der Waals surface area contributed by atoms with E-state index in [1.807, 2.05) is 13.1 Å². The Morgan fingerprint density at radius 1 is 1.43 bits per heavy atom. The highest BCUT2D eigenvalue weighted by atomic mass is 32.1. The smallest absolute Gasteiger partial charge is 0.178 e. The van der Waals surface area contributed by atoms with Gasteiger partial charge in [0.2, 0.25) is 0 Å². The van der Waals surface area contributed by atoms with Gasteiger partial charge >= 0.3 is 0 Å². The summed E-state index contributed by atoms with van der Waals surface area (Å²) in [5, 5.41) is 3.49. The number of aromatic nitrogens is 2. The first kappa shape index (κ1) is 9.48. The lowest BCUT2D eigenvalue weighted by atomic mass is 10.4. The first-order valence-electron chi connectivity index (χ1n) is 4.06. The quantitative estimate of drug-likeness (QED) is 0.737. The summed E-state index contributed by atoms with van der Waals surface area (Å²) in [6.45, 7) is 3.52. The normalized spacial score (nSPS) is 10.4. The molecule has 0 aliphatic rings. The maximum Gasteiger partial charge on any atom is 0.178 e. The number of ketones is 1. The molecule has 2 aromatic heterocycles. The van der Waals surface area contributed by atoms with E-state index in [1.54, 1.807) is 16.7 Å². The fourth-order valence-electron chi connectivity index (χ4n) is 0.987. The van der Waals surface area contributed by atoms with Crippen LogP contribution in [0.15, 0.2) is 11.6 Å². The summed E-state index contributed by atoms with van der Waals surface area (Å²) in [7, 11) is 0. The molecule has 14 heavy (non-hydrogen) atoms. The maximum atomic E-state index is 11.0. The molecule has 5 heteroatoms. The summed E-state index contributed by atoms with van der Waals surface area (Å²) in [5.41, 5.74) is 0.526. The number of aryl methyl sites for hydroxylation is 1. The van der Waals surface area contributed by atoms with Crippen molar-refractivity contribution >= 4 is 28.5 Å². The highest BCUT2D eigenvalue weighted by Gasteiger charge is 2.10. The van der Waals surface area contributed by atoms with E-state index in [1.165, 1.54) is 18.3 Å². The van der Waals surface area contributed by atoms with E-state index in [4.69, 9.17) is 0 Å². The summed E-state index contributed by atoms with van der Waals surface area (Å²) in [4.78, 5) is 20.6. The molecular weight excluding hydrogens is 216 g/mol. The largest absolute Gasteiger partial charge is 0.293 e. The molecule has 0 saturated heterocycles. The Bertz CT molecular complexity index is 473. The van der Waals surface area contributed by atoms with Gasteiger partial charge in [-0.3, -0.25) is 4.79 Å². The molecule has 0 fully saturated rings. The minimum Gasteiger partial charge on any atom is -0.293 e. The van der Waals surface area contributed by atoms with E-state index >= 15 is 0 Å². The standard InChI is InChI=1S/C9H8N2OS2/c1-5-3-10-8(14-5)9-11-7(4-13-9)6(2)12/h3-4H,1-2H3. The molecule has 0 aliphatic heterocycles. The van der Waals surface area contributed by atoms with Crippen LogP contribution in [-0.2, 0) is 0 Å². The SMILES string of the molecule is CC(=O)c1csc(-c2ncc(C)s2)n1. The summed E-state index contributed by atoms with van der Waals surface area (Å²) in [6, 6.07) is 0. The Morgan fingerprint density at radius 2 is 2.21 bits per heavy atom. The van der Waals surface area contributed by atoms with Gasteiger partial charge in [-0.05, 0) is 6.92 Å². The van der Waals surface area contributed by atoms with Crippen molar-refractivity contribution in [2.75, 3.05) is 0 Å². The summed E-state index contributed by atoms with van der Waals surface area (Å²) >= 11 is 3.05. The van der Waals surface area contributed by atoms with Gasteiger partial charge in [0, 0.05) is 23.4 Å². The van der Waals surface area contributed by atoms with E-state index in [9.17, 15) is 4.79 Å². The Balaban J connectivity index is 2.38. The van der Waals surface area contributed by atoms with Gasteiger partial charge in [0.15, 0.2) is 15.8 Å². The van der Waals surface area contributed by atoms with Crippen molar-refractivity contribution in [1.82, 2.24) is 9.97 Å². The van der Waals surface area contributed by atoms with Crippen molar-refractivity contribution in [3.8, 4) is 10.0 Å². The average Bonchev–Trinajstić information content (AvgIpc) is 2.70. The van der Waals surface area contributed by atoms with Crippen molar-refractivity contribution in [2.45, 2.75) is 13.8 Å². The van der Waals surface area contributed by atoms with Crippen LogP contribution in [0.4, 0.5) is 0 Å². The molecule has 0 bridgehead atoms. The lowest BCUT2D eigenvalue weighted by Gasteiger charge is -1.85. The fourth-order valence-corrected chi connectivity index (χ4v) is 2.65. The number of nitrogens with zero attached hydrogens (tertiary/aromatic N) is 2. The van der Waals surface area contributed by atoms with E-state index in [0.29, 0.717) is 5.69 Å². The molecule has 0 unspecified atom stereocenters. The number of Topliss-reactive ketones (excluding diaryl/α,β-unsaturated/α-hetero) is 1. The molecule has 3 nitrogen and oxygen atoms in total. The number of carbonyl (C=O) groups is 1. The van der Waals surface area contributed by atoms with Crippen LogP contribution in [0.1, 0.15) is 22.3 Å². The minimum absolute atomic E-state index is 0.000720. The van der Waals surface area contributed by atoms with Crippen molar-refractivity contribution in [1.29, 1.82) is 0 Å². The average molecular weight is 224 g/mol. The first-order valence-corrected chi connectivity index (χ1v) is 5.75. The van der Waals surface area contributed by atoms with Crippen molar-refractivity contribution in [3.63, 3.8) is 0 Å². The Kier molecular flexibility index (Phi) is 2.43. The third-order valence-electron chi connectivity index (χ3n) is 1.67. The van der Waals surface area contributed by atoms with E-state index in [-0.39, 0.29) is 5.78 Å². The van der Waals surface area contributed by atoms with Crippen LogP contribution in [-0.4, -0.2) is 15.8 Å². The topological polar surface area (TPSA) is 42.9 Å². The second-order valence-electron chi connectivity index (χ2n) is 2.87. The van der Waals surface area contributed by atoms with Crippen LogP contribution in [0.2, 0.25) is 0 Å². The highest BCUT2D eigenvalue weighted by molar-refractivity contribution is 7.20. The summed E-state index contributed by atoms with van der Waals surface area (Å²) < 4.78 is 0. The molecule has 0 amide bonds. The summed E-state index contributed by atoms with van der Waals surface area (Å²) in [5.74, 6) is 0.000720. The van der Waals surface area contributed by atoms with Crippen LogP contribution in [0, 0.1) is 6.92 Å². The Labute approximate surface area is 89.5 Å². The van der Waals surface area contributed by atoms with Crippen molar-refractivity contribution < 1.29 is 4.79 Å². The predicted molar refractivity (Wildman–Crippen MR) is 58.0 cm³/mol. The van der Waals surface area contributed by atoms with Crippen LogP contribution in [0.3, 0.4) is 0 Å². The number of hydrogen-bond donors (Lipinski definition) is 0. The van der Waals surface area contributed by atoms with Gasteiger partial charge in [0.1, 0.15) is 5.69 Å². The van der Waals surface area contributed by atoms with Gasteiger partial charge in [-0.1, -0.05) is 0 Å². The molecule has 2 heterocycles. The predicted octanol–water partition coefficient (Wildman–Crippen LogP) is 2.78. The molecule has 0 radical (unpaired) electrons. The van der Waals surface area contributed by atoms with E-state index < -0.39 is 0 Å². The number of carbonyl (C=O) groups excluding carboxylic acids is 1. The molecule has 2 aromatic rings. The number of hydrogen-bond acceptors (Lipinski definition) is 5. The Morgan fingerprint density at radius 3 is 2.71 bits per heavy atom. The lowest BCUT2D eigenvalue weighted by Crippen LogP contribution is -1.90. The lowest BCUT2D eigenvalue weighted by molar-refractivity contribution is 0.101. The van der Waals surface area contributed by atoms with Crippen LogP contribution in [0.5, 0.6) is 0 Å². The molecule has 0 N–H and O–H groups in total. The fraction of sp³-hybridized carbons (Fsp3) is 0.222. The molecule has 0 aliphatic carbocycles. The van der Waals surface area contributed by atoms with Crippen LogP contribution >= 0.6 is 22.7 Å². The maximum absolute atomic E-state index is 11.0. The van der Waals surface area contributed by atoms with Gasteiger partial charge in [-0.2, -0.15) is 0 Å². The second-order valence-corrected chi connectivity index (χ2v) is 4.96. The number of rotatable bonds is 2. The third-order valence-corrected chi connectivity index (χ3v) is 3.57. The first-order chi connectivity index (χ1) is 6.66. The van der Waals surface area contributed by atoms with Crippen LogP contribution < -0.4 is 0 Å². The number of thiazole rings is 2. The molecule has 0 atom stereocenters. The van der Waals surface area contributed by atoms with Crippen molar-refractivity contribution in [2.24, 2.45) is 0 Å². The summed E-state index contributed by atoms with van der Waals surface area (Å²) in [6.07, 6.45) is 1.81. The molecule has 72 valence electrons. The zero-order valence-electron chi connectivity index (χ0n) is 7.77. The van der Waals surface area contributed by atoms with E-state index in [0.717, 1.165) is 14.9 Å². The highest BCUT2D eigenvalue weighted by Crippen LogP contribution is 2.27. The second kappa shape index (κ2) is 3.59. The molecule has 0 saturated carbocycles. The van der Waals surface area contributed by atoms with Gasteiger partial charge in [0.05, 0.1) is 0 Å². The zero-order valence-corrected chi connectivity index (χ0v) is 9.41. The van der Waals surface area contributed by atoms with Gasteiger partial charge in [-0.15, -0.1) is 22.7 Å². The monoisotopic (exact) mass is 224 g/mol. The molecule has 0 aromatic carbocycles. The molecule has 2 rings (SSSR count). The van der Waals surface area contributed by atoms with Gasteiger partial charge in [-0.25, -0.2) is 9.97 Å². The Hall–Kier alpha value is -1.07. The van der Waals surface area contributed by atoms with Crippen LogP contribution in [0.25, 0.3) is 10.0 Å². The van der Waals surface area contributed by atoms with E-state index in [2.05, 4.69) is 9.97 Å². The molecular formula is C9H8N2OS2. The third kappa shape index (κ3) is 1.73. The minimum atomic E-state index is 0.000720. The zero-order chi connectivity index (χ0) is 10.1. The van der Waals surface area contributed by atoms with Gasteiger partial charge < -0.3 is 0 Å². The molecule has 0 spiro atoms.